The number of hydrogen-bond acceptors (Lipinski definition) is 6. The van der Waals surface area contributed by atoms with Crippen molar-refractivity contribution in [3.05, 3.63) is 142 Å². The molecule has 5 aromatic rings. The monoisotopic (exact) mass is 663 g/mol. The molecule has 1 aromatic heterocycles. The smallest absolute Gasteiger partial charge is 0.240 e. The molecule has 232 valence electrons. The number of nitrogens with zero attached hydrogens (tertiary/aromatic N) is 2. The van der Waals surface area contributed by atoms with Gasteiger partial charge < -0.3 is 19.1 Å². The lowest BCUT2D eigenvalue weighted by atomic mass is 9.98. The molecule has 0 radical (unpaired) electrons. The van der Waals surface area contributed by atoms with Crippen molar-refractivity contribution in [3.8, 4) is 11.1 Å². The standard InChI is InChI=1S/C34H31Cl2N3O5S/c35-32-33(36)39(22-37-32)20-29-18-31(25-14-12-23(21-40)13-15-25)44-34(43-29)28-9-5-8-27(17-28)26-7-4-6-24(16-26)19-38-45(41,42)30-10-2-1-3-11-30/h1-17,22,29,31,34,38,40H,18-21H2/t29-,31+,34+/m0/s1. The van der Waals surface area contributed by atoms with Crippen LogP contribution in [0.5, 0.6) is 0 Å². The molecule has 0 bridgehead atoms. The summed E-state index contributed by atoms with van der Waals surface area (Å²) >= 11 is 12.5. The number of ether oxygens (including phenoxy) is 2. The number of rotatable bonds is 10. The van der Waals surface area contributed by atoms with E-state index in [0.717, 1.165) is 33.4 Å². The summed E-state index contributed by atoms with van der Waals surface area (Å²) in [6.45, 7) is 0.552. The summed E-state index contributed by atoms with van der Waals surface area (Å²) in [6, 6.07) is 31.7. The lowest BCUT2D eigenvalue weighted by molar-refractivity contribution is -0.252. The van der Waals surface area contributed by atoms with Gasteiger partial charge in [-0.25, -0.2) is 18.1 Å². The summed E-state index contributed by atoms with van der Waals surface area (Å²) in [6.07, 6.45) is 0.950. The molecular formula is C34H31Cl2N3O5S. The van der Waals surface area contributed by atoms with Gasteiger partial charge in [-0.2, -0.15) is 0 Å². The van der Waals surface area contributed by atoms with E-state index >= 15 is 0 Å². The normalized spacial score (nSPS) is 18.6. The zero-order valence-electron chi connectivity index (χ0n) is 24.1. The molecule has 1 saturated heterocycles. The minimum atomic E-state index is -3.64. The predicted octanol–water partition coefficient (Wildman–Crippen LogP) is 7.07. The lowest BCUT2D eigenvalue weighted by Gasteiger charge is -2.36. The molecule has 2 heterocycles. The van der Waals surface area contributed by atoms with Crippen molar-refractivity contribution in [1.82, 2.24) is 14.3 Å². The fourth-order valence-corrected chi connectivity index (χ4v) is 6.66. The molecule has 8 nitrogen and oxygen atoms in total. The van der Waals surface area contributed by atoms with Crippen molar-refractivity contribution >= 4 is 33.2 Å². The third kappa shape index (κ3) is 7.48. The number of nitrogens with one attached hydrogen (secondary N) is 1. The number of aliphatic hydroxyl groups is 1. The number of aromatic nitrogens is 2. The first-order valence-electron chi connectivity index (χ1n) is 14.4. The molecule has 45 heavy (non-hydrogen) atoms. The molecule has 1 aliphatic rings. The van der Waals surface area contributed by atoms with Crippen LogP contribution < -0.4 is 4.72 Å². The number of hydrogen-bond donors (Lipinski definition) is 2. The molecule has 11 heteroatoms. The number of halogens is 2. The second kappa shape index (κ2) is 13.8. The quantitative estimate of drug-likeness (QED) is 0.166. The van der Waals surface area contributed by atoms with Crippen LogP contribution in [0.3, 0.4) is 0 Å². The van der Waals surface area contributed by atoms with E-state index < -0.39 is 16.3 Å². The van der Waals surface area contributed by atoms with E-state index in [1.165, 1.54) is 0 Å². The second-order valence-electron chi connectivity index (χ2n) is 10.8. The molecule has 0 amide bonds. The largest absolute Gasteiger partial charge is 0.392 e. The average molecular weight is 665 g/mol. The third-order valence-corrected chi connectivity index (χ3v) is 9.87. The average Bonchev–Trinajstić information content (AvgIpc) is 3.40. The van der Waals surface area contributed by atoms with E-state index in [-0.39, 0.29) is 35.4 Å². The number of imidazole rings is 1. The first-order valence-corrected chi connectivity index (χ1v) is 16.6. The zero-order chi connectivity index (χ0) is 31.4. The van der Waals surface area contributed by atoms with Crippen LogP contribution >= 0.6 is 23.2 Å². The maximum Gasteiger partial charge on any atom is 0.240 e. The van der Waals surface area contributed by atoms with Crippen LogP contribution in [-0.4, -0.2) is 29.2 Å². The van der Waals surface area contributed by atoms with Crippen LogP contribution in [0.2, 0.25) is 10.3 Å². The van der Waals surface area contributed by atoms with Gasteiger partial charge in [0.25, 0.3) is 0 Å². The number of sulfonamides is 1. The van der Waals surface area contributed by atoms with Crippen molar-refractivity contribution in [2.45, 2.75) is 49.5 Å². The van der Waals surface area contributed by atoms with Crippen molar-refractivity contribution in [1.29, 1.82) is 0 Å². The van der Waals surface area contributed by atoms with Gasteiger partial charge in [0.15, 0.2) is 11.4 Å². The van der Waals surface area contributed by atoms with Gasteiger partial charge in [-0.3, -0.25) is 0 Å². The zero-order valence-corrected chi connectivity index (χ0v) is 26.4. The molecule has 0 aliphatic carbocycles. The molecule has 4 aromatic carbocycles. The van der Waals surface area contributed by atoms with Crippen LogP contribution in [0.15, 0.2) is 114 Å². The Balaban J connectivity index is 1.23. The van der Waals surface area contributed by atoms with Crippen LogP contribution in [0, 0.1) is 0 Å². The highest BCUT2D eigenvalue weighted by atomic mass is 35.5. The molecule has 0 unspecified atom stereocenters. The summed E-state index contributed by atoms with van der Waals surface area (Å²) in [5.41, 5.74) is 5.31. The summed E-state index contributed by atoms with van der Waals surface area (Å²) in [5.74, 6) is 0. The Bertz CT molecular complexity index is 1870. The van der Waals surface area contributed by atoms with E-state index in [1.54, 1.807) is 41.2 Å². The Morgan fingerprint density at radius 1 is 0.844 bits per heavy atom. The third-order valence-electron chi connectivity index (χ3n) is 7.69. The Labute approximate surface area is 272 Å². The minimum absolute atomic E-state index is 0.0348. The first-order chi connectivity index (χ1) is 21.8. The van der Waals surface area contributed by atoms with Crippen molar-refractivity contribution < 1.29 is 23.0 Å². The number of benzene rings is 4. The van der Waals surface area contributed by atoms with E-state index in [0.29, 0.717) is 18.1 Å². The molecule has 3 atom stereocenters. The van der Waals surface area contributed by atoms with Gasteiger partial charge in [0, 0.05) is 18.5 Å². The lowest BCUT2D eigenvalue weighted by Crippen LogP contribution is -2.32. The number of aliphatic hydroxyl groups excluding tert-OH is 1. The van der Waals surface area contributed by atoms with E-state index in [2.05, 4.69) is 9.71 Å². The van der Waals surface area contributed by atoms with Gasteiger partial charge in [-0.15, -0.1) is 0 Å². The van der Waals surface area contributed by atoms with E-state index in [4.69, 9.17) is 32.7 Å². The Kier molecular flexibility index (Phi) is 9.67. The van der Waals surface area contributed by atoms with Crippen molar-refractivity contribution in [2.75, 3.05) is 0 Å². The van der Waals surface area contributed by atoms with Gasteiger partial charge >= 0.3 is 0 Å². The Morgan fingerprint density at radius 3 is 2.29 bits per heavy atom. The van der Waals surface area contributed by atoms with Crippen LogP contribution in [-0.2, 0) is 39.2 Å². The molecule has 1 fully saturated rings. The highest BCUT2D eigenvalue weighted by Gasteiger charge is 2.33. The fraction of sp³-hybridized carbons (Fsp3) is 0.206. The van der Waals surface area contributed by atoms with Gasteiger partial charge in [0.05, 0.1) is 36.6 Å². The van der Waals surface area contributed by atoms with Gasteiger partial charge in [-0.1, -0.05) is 102 Å². The highest BCUT2D eigenvalue weighted by molar-refractivity contribution is 7.89. The summed E-state index contributed by atoms with van der Waals surface area (Å²) < 4.78 is 42.9. The Morgan fingerprint density at radius 2 is 1.58 bits per heavy atom. The molecule has 0 saturated carbocycles. The second-order valence-corrected chi connectivity index (χ2v) is 13.3. The molecule has 6 rings (SSSR count). The van der Waals surface area contributed by atoms with Crippen LogP contribution in [0.1, 0.15) is 41.1 Å². The SMILES string of the molecule is O=S(=O)(NCc1cccc(-c2cccc([C@@H]3O[C@H](Cn4cnc(Cl)c4Cl)C[C@H](c4ccc(CO)cc4)O3)c2)c1)c1ccccc1. The fourth-order valence-electron chi connectivity index (χ4n) is 5.31. The first kappa shape index (κ1) is 31.4. The van der Waals surface area contributed by atoms with E-state index in [9.17, 15) is 13.5 Å². The Hall–Kier alpha value is -3.54. The maximum atomic E-state index is 12.7. The summed E-state index contributed by atoms with van der Waals surface area (Å²) in [5, 5.41) is 10.1. The minimum Gasteiger partial charge on any atom is -0.392 e. The summed E-state index contributed by atoms with van der Waals surface area (Å²) in [4.78, 5) is 4.32. The molecule has 2 N–H and O–H groups in total. The predicted molar refractivity (Wildman–Crippen MR) is 173 cm³/mol. The molecular weight excluding hydrogens is 633 g/mol. The van der Waals surface area contributed by atoms with Gasteiger partial charge in [0.2, 0.25) is 10.0 Å². The summed E-state index contributed by atoms with van der Waals surface area (Å²) in [7, 11) is -3.64. The topological polar surface area (TPSA) is 103 Å². The van der Waals surface area contributed by atoms with Crippen molar-refractivity contribution in [3.63, 3.8) is 0 Å². The maximum absolute atomic E-state index is 12.7. The van der Waals surface area contributed by atoms with Crippen LogP contribution in [0.25, 0.3) is 11.1 Å². The van der Waals surface area contributed by atoms with E-state index in [1.807, 2.05) is 72.8 Å². The van der Waals surface area contributed by atoms with Gasteiger partial charge in [0.1, 0.15) is 5.15 Å². The van der Waals surface area contributed by atoms with Gasteiger partial charge in [-0.05, 0) is 52.1 Å². The van der Waals surface area contributed by atoms with Crippen molar-refractivity contribution in [2.24, 2.45) is 0 Å². The molecule has 1 aliphatic heterocycles. The molecule has 0 spiro atoms. The van der Waals surface area contributed by atoms with Crippen LogP contribution in [0.4, 0.5) is 0 Å². The highest BCUT2D eigenvalue weighted by Crippen LogP contribution is 2.39.